The minimum atomic E-state index is -0.461. The van der Waals surface area contributed by atoms with Crippen LogP contribution in [0.1, 0.15) is 45.9 Å². The van der Waals surface area contributed by atoms with Crippen LogP contribution >= 0.6 is 0 Å². The number of alkyl carbamates (subject to hydrolysis) is 1. The van der Waals surface area contributed by atoms with Gasteiger partial charge in [-0.15, -0.1) is 0 Å². The first-order valence-electron chi connectivity index (χ1n) is 6.66. The Bertz CT molecular complexity index is 369. The second-order valence-electron chi connectivity index (χ2n) is 5.36. The highest BCUT2D eigenvalue weighted by molar-refractivity contribution is 5.67. The Morgan fingerprint density at radius 1 is 1.42 bits per heavy atom. The van der Waals surface area contributed by atoms with Gasteiger partial charge in [0.15, 0.2) is 0 Å². The maximum atomic E-state index is 11.4. The summed E-state index contributed by atoms with van der Waals surface area (Å²) in [6.07, 6.45) is 2.21. The molecule has 0 aliphatic carbocycles. The van der Waals surface area contributed by atoms with Crippen LogP contribution in [-0.2, 0) is 4.74 Å². The maximum Gasteiger partial charge on any atom is 0.407 e. The highest BCUT2D eigenvalue weighted by Gasteiger charge is 2.16. The van der Waals surface area contributed by atoms with E-state index in [9.17, 15) is 4.79 Å². The smallest absolute Gasteiger partial charge is 0.407 e. The van der Waals surface area contributed by atoms with Crippen LogP contribution in [0.25, 0.3) is 0 Å². The summed E-state index contributed by atoms with van der Waals surface area (Å²) < 4.78 is 10.5. The molecule has 0 spiro atoms. The Morgan fingerprint density at radius 2 is 2.16 bits per heavy atom. The molecule has 1 unspecified atom stereocenters. The van der Waals surface area contributed by atoms with Crippen LogP contribution in [0.2, 0.25) is 0 Å². The van der Waals surface area contributed by atoms with Crippen LogP contribution in [0.5, 0.6) is 0 Å². The molecule has 2 N–H and O–H groups in total. The second-order valence-corrected chi connectivity index (χ2v) is 5.36. The third-order valence-electron chi connectivity index (χ3n) is 2.48. The summed E-state index contributed by atoms with van der Waals surface area (Å²) >= 11 is 0. The molecule has 0 saturated heterocycles. The molecule has 1 atom stereocenters. The van der Waals surface area contributed by atoms with Crippen molar-refractivity contribution in [3.8, 4) is 0 Å². The number of nitrogens with one attached hydrogen (secondary N) is 2. The molecule has 1 aromatic heterocycles. The van der Waals surface area contributed by atoms with Gasteiger partial charge in [0.2, 0.25) is 0 Å². The molecule has 0 radical (unpaired) electrons. The topological polar surface area (TPSA) is 63.5 Å². The molecule has 5 heteroatoms. The first-order chi connectivity index (χ1) is 8.92. The lowest BCUT2D eigenvalue weighted by Crippen LogP contribution is -2.37. The van der Waals surface area contributed by atoms with Crippen molar-refractivity contribution in [3.63, 3.8) is 0 Å². The van der Waals surface area contributed by atoms with Gasteiger partial charge in [-0.2, -0.15) is 0 Å². The Balaban J connectivity index is 2.21. The summed E-state index contributed by atoms with van der Waals surface area (Å²) in [5, 5.41) is 6.04. The van der Waals surface area contributed by atoms with Crippen molar-refractivity contribution < 1.29 is 13.9 Å². The van der Waals surface area contributed by atoms with Gasteiger partial charge in [-0.25, -0.2) is 4.79 Å². The lowest BCUT2D eigenvalue weighted by molar-refractivity contribution is 0.0528. The van der Waals surface area contributed by atoms with Crippen LogP contribution in [-0.4, -0.2) is 24.8 Å². The first kappa shape index (κ1) is 15.6. The zero-order chi connectivity index (χ0) is 14.3. The van der Waals surface area contributed by atoms with Crippen LogP contribution in [0.4, 0.5) is 4.79 Å². The van der Waals surface area contributed by atoms with Crippen molar-refractivity contribution in [1.29, 1.82) is 0 Å². The van der Waals surface area contributed by atoms with E-state index in [-0.39, 0.29) is 12.1 Å². The van der Waals surface area contributed by atoms with Crippen LogP contribution in [0.15, 0.2) is 22.8 Å². The summed E-state index contributed by atoms with van der Waals surface area (Å²) in [6.45, 7) is 8.80. The van der Waals surface area contributed by atoms with Crippen LogP contribution < -0.4 is 10.6 Å². The van der Waals surface area contributed by atoms with Gasteiger partial charge in [0, 0.05) is 13.1 Å². The van der Waals surface area contributed by atoms with E-state index in [0.29, 0.717) is 13.1 Å². The molecule has 19 heavy (non-hydrogen) atoms. The van der Waals surface area contributed by atoms with Crippen LogP contribution in [0.3, 0.4) is 0 Å². The molecule has 0 aromatic carbocycles. The fraction of sp³-hybridized carbons (Fsp3) is 0.643. The van der Waals surface area contributed by atoms with Crippen molar-refractivity contribution in [3.05, 3.63) is 24.2 Å². The summed E-state index contributed by atoms with van der Waals surface area (Å²) in [5.74, 6) is 0.916. The Labute approximate surface area is 114 Å². The van der Waals surface area contributed by atoms with Crippen molar-refractivity contribution >= 4 is 6.09 Å². The standard InChI is InChI=1S/C14H24N2O3/c1-5-11(12-7-6-10-18-12)15-8-9-16-13(17)19-14(2,3)4/h6-7,10-11,15H,5,8-9H2,1-4H3,(H,16,17). The van der Waals surface area contributed by atoms with Crippen molar-refractivity contribution in [2.75, 3.05) is 13.1 Å². The maximum absolute atomic E-state index is 11.4. The number of rotatable bonds is 6. The largest absolute Gasteiger partial charge is 0.468 e. The summed E-state index contributed by atoms with van der Waals surface area (Å²) in [4.78, 5) is 11.4. The molecule has 1 heterocycles. The molecule has 1 amide bonds. The lowest BCUT2D eigenvalue weighted by Gasteiger charge is -2.20. The molecular formula is C14H24N2O3. The van der Waals surface area contributed by atoms with E-state index in [2.05, 4.69) is 17.6 Å². The quantitative estimate of drug-likeness (QED) is 0.779. The third kappa shape index (κ3) is 6.29. The Hall–Kier alpha value is -1.49. The number of carbonyl (C=O) groups is 1. The van der Waals surface area contributed by atoms with E-state index in [0.717, 1.165) is 12.2 Å². The molecule has 0 aliphatic heterocycles. The zero-order valence-corrected chi connectivity index (χ0v) is 12.2. The van der Waals surface area contributed by atoms with E-state index in [1.807, 2.05) is 32.9 Å². The molecule has 5 nitrogen and oxygen atoms in total. The Kier molecular flexibility index (Phi) is 5.89. The van der Waals surface area contributed by atoms with Gasteiger partial charge in [-0.1, -0.05) is 6.92 Å². The van der Waals surface area contributed by atoms with Crippen molar-refractivity contribution in [1.82, 2.24) is 10.6 Å². The number of amides is 1. The number of furan rings is 1. The fourth-order valence-electron chi connectivity index (χ4n) is 1.66. The van der Waals surface area contributed by atoms with E-state index >= 15 is 0 Å². The minimum Gasteiger partial charge on any atom is -0.468 e. The van der Waals surface area contributed by atoms with Gasteiger partial charge in [0.25, 0.3) is 0 Å². The lowest BCUT2D eigenvalue weighted by atomic mass is 10.2. The minimum absolute atomic E-state index is 0.176. The van der Waals surface area contributed by atoms with Gasteiger partial charge in [-0.3, -0.25) is 0 Å². The van der Waals surface area contributed by atoms with Gasteiger partial charge in [-0.05, 0) is 39.3 Å². The van der Waals surface area contributed by atoms with Gasteiger partial charge < -0.3 is 19.8 Å². The van der Waals surface area contributed by atoms with E-state index in [1.165, 1.54) is 0 Å². The average molecular weight is 268 g/mol. The van der Waals surface area contributed by atoms with Gasteiger partial charge in [0.05, 0.1) is 12.3 Å². The highest BCUT2D eigenvalue weighted by atomic mass is 16.6. The zero-order valence-electron chi connectivity index (χ0n) is 12.2. The molecule has 0 fully saturated rings. The summed E-state index contributed by atoms with van der Waals surface area (Å²) in [5.41, 5.74) is -0.461. The molecular weight excluding hydrogens is 244 g/mol. The second kappa shape index (κ2) is 7.19. The molecule has 108 valence electrons. The average Bonchev–Trinajstić information content (AvgIpc) is 2.80. The molecule has 0 bridgehead atoms. The van der Waals surface area contributed by atoms with E-state index in [1.54, 1.807) is 6.26 Å². The number of carbonyl (C=O) groups excluding carboxylic acids is 1. The summed E-state index contributed by atoms with van der Waals surface area (Å²) in [6, 6.07) is 4.00. The number of hydrogen-bond donors (Lipinski definition) is 2. The normalized spacial score (nSPS) is 13.1. The van der Waals surface area contributed by atoms with Crippen molar-refractivity contribution in [2.45, 2.75) is 45.8 Å². The molecule has 1 rings (SSSR count). The SMILES string of the molecule is CCC(NCCNC(=O)OC(C)(C)C)c1ccco1. The Morgan fingerprint density at radius 3 is 2.68 bits per heavy atom. The molecule has 1 aromatic rings. The van der Waals surface area contributed by atoms with Crippen LogP contribution in [0, 0.1) is 0 Å². The highest BCUT2D eigenvalue weighted by Crippen LogP contribution is 2.16. The van der Waals surface area contributed by atoms with E-state index in [4.69, 9.17) is 9.15 Å². The van der Waals surface area contributed by atoms with E-state index < -0.39 is 5.60 Å². The molecule has 0 aliphatic rings. The predicted molar refractivity (Wildman–Crippen MR) is 74.0 cm³/mol. The van der Waals surface area contributed by atoms with Gasteiger partial charge in [0.1, 0.15) is 11.4 Å². The number of ether oxygens (including phenoxy) is 1. The summed E-state index contributed by atoms with van der Waals surface area (Å²) in [7, 11) is 0. The monoisotopic (exact) mass is 268 g/mol. The predicted octanol–water partition coefficient (Wildman–Crippen LogP) is 2.85. The first-order valence-corrected chi connectivity index (χ1v) is 6.66. The fourth-order valence-corrected chi connectivity index (χ4v) is 1.66. The molecule has 0 saturated carbocycles. The van der Waals surface area contributed by atoms with Crippen molar-refractivity contribution in [2.24, 2.45) is 0 Å². The number of hydrogen-bond acceptors (Lipinski definition) is 4. The van der Waals surface area contributed by atoms with Gasteiger partial charge >= 0.3 is 6.09 Å². The third-order valence-corrected chi connectivity index (χ3v) is 2.48.